The maximum absolute atomic E-state index is 12.4. The van der Waals surface area contributed by atoms with Crippen LogP contribution in [0.5, 0.6) is 0 Å². The minimum atomic E-state index is -0.383. The van der Waals surface area contributed by atoms with Crippen molar-refractivity contribution < 1.29 is 18.5 Å². The molecule has 1 amide bonds. The number of amides is 1. The van der Waals surface area contributed by atoms with E-state index >= 15 is 0 Å². The zero-order chi connectivity index (χ0) is 19.6. The molecule has 0 fully saturated rings. The first kappa shape index (κ1) is 19.2. The van der Waals surface area contributed by atoms with Crippen molar-refractivity contribution in [2.75, 3.05) is 27.2 Å². The zero-order valence-electron chi connectivity index (χ0n) is 16.4. The van der Waals surface area contributed by atoms with Crippen LogP contribution in [-0.4, -0.2) is 33.1 Å². The Kier molecular flexibility index (Phi) is 5.65. The van der Waals surface area contributed by atoms with Gasteiger partial charge in [0.1, 0.15) is 11.2 Å². The van der Waals surface area contributed by atoms with Gasteiger partial charge < -0.3 is 19.1 Å². The third-order valence-electron chi connectivity index (χ3n) is 4.95. The Morgan fingerprint density at radius 3 is 2.67 bits per heavy atom. The number of carbonyl (C=O) groups excluding carboxylic acids is 1. The van der Waals surface area contributed by atoms with Gasteiger partial charge in [0.05, 0.1) is 26.9 Å². The van der Waals surface area contributed by atoms with Gasteiger partial charge in [0.25, 0.3) is 0 Å². The van der Waals surface area contributed by atoms with Crippen LogP contribution in [0.25, 0.3) is 21.9 Å². The van der Waals surface area contributed by atoms with E-state index in [-0.39, 0.29) is 18.0 Å². The van der Waals surface area contributed by atoms with E-state index in [0.29, 0.717) is 29.7 Å². The first-order valence-electron chi connectivity index (χ1n) is 9.36. The lowest BCUT2D eigenvalue weighted by Gasteiger charge is -2.09. The van der Waals surface area contributed by atoms with Crippen LogP contribution in [0.3, 0.4) is 0 Å². The van der Waals surface area contributed by atoms with E-state index in [1.54, 1.807) is 12.3 Å². The molecule has 0 saturated heterocycles. The number of quaternary nitrogens is 1. The molecule has 0 aliphatic rings. The lowest BCUT2D eigenvalue weighted by atomic mass is 10.0. The molecule has 3 rings (SSSR count). The number of aryl methyl sites for hydroxylation is 2. The number of hydrogen-bond acceptors (Lipinski definition) is 4. The monoisotopic (exact) mass is 371 g/mol. The zero-order valence-corrected chi connectivity index (χ0v) is 16.4. The number of benzene rings is 1. The molecule has 0 unspecified atom stereocenters. The standard InChI is InChI=1S/C21H26N2O4/c1-13-12-26-18-11-19-17(10-16(13)18)14(2)15(21(25)27-19)6-7-20(24)22-8-5-9-23(3)4/h10-12H,5-9H2,1-4H3,(H,22,24)/p+1. The van der Waals surface area contributed by atoms with E-state index in [9.17, 15) is 9.59 Å². The van der Waals surface area contributed by atoms with Crippen LogP contribution >= 0.6 is 0 Å². The summed E-state index contributed by atoms with van der Waals surface area (Å²) in [6.45, 7) is 5.56. The summed E-state index contributed by atoms with van der Waals surface area (Å²) >= 11 is 0. The Hall–Kier alpha value is -2.60. The van der Waals surface area contributed by atoms with Gasteiger partial charge in [-0.1, -0.05) is 0 Å². The first-order chi connectivity index (χ1) is 12.9. The number of nitrogens with one attached hydrogen (secondary N) is 2. The fraction of sp³-hybridized carbons (Fsp3) is 0.429. The van der Waals surface area contributed by atoms with Gasteiger partial charge in [-0.25, -0.2) is 4.79 Å². The fourth-order valence-corrected chi connectivity index (χ4v) is 3.32. The summed E-state index contributed by atoms with van der Waals surface area (Å²) in [5, 5.41) is 4.81. The number of rotatable bonds is 7. The first-order valence-corrected chi connectivity index (χ1v) is 9.36. The molecule has 1 aromatic carbocycles. The number of furan rings is 1. The van der Waals surface area contributed by atoms with Crippen LogP contribution in [0.1, 0.15) is 29.5 Å². The fourth-order valence-electron chi connectivity index (χ4n) is 3.32. The van der Waals surface area contributed by atoms with Gasteiger partial charge in [-0.3, -0.25) is 4.79 Å². The highest BCUT2D eigenvalue weighted by atomic mass is 16.4. The van der Waals surface area contributed by atoms with E-state index in [2.05, 4.69) is 19.4 Å². The number of carbonyl (C=O) groups is 1. The number of hydrogen-bond donors (Lipinski definition) is 2. The molecule has 0 aliphatic heterocycles. The molecule has 2 N–H and O–H groups in total. The summed E-state index contributed by atoms with van der Waals surface area (Å²) in [7, 11) is 4.17. The molecule has 0 saturated carbocycles. The lowest BCUT2D eigenvalue weighted by Crippen LogP contribution is -3.05. The van der Waals surface area contributed by atoms with Gasteiger partial charge in [-0.05, 0) is 37.5 Å². The van der Waals surface area contributed by atoms with Crippen molar-refractivity contribution in [1.82, 2.24) is 5.32 Å². The quantitative estimate of drug-likeness (QED) is 0.490. The summed E-state index contributed by atoms with van der Waals surface area (Å²) in [5.41, 5.74) is 3.31. The summed E-state index contributed by atoms with van der Waals surface area (Å²) < 4.78 is 11.0. The molecular formula is C21H27N2O4+. The highest BCUT2D eigenvalue weighted by molar-refractivity contribution is 5.96. The molecule has 2 heterocycles. The van der Waals surface area contributed by atoms with Crippen molar-refractivity contribution in [2.24, 2.45) is 0 Å². The van der Waals surface area contributed by atoms with Gasteiger partial charge in [0, 0.05) is 41.8 Å². The minimum Gasteiger partial charge on any atom is -0.464 e. The second kappa shape index (κ2) is 7.96. The van der Waals surface area contributed by atoms with Crippen molar-refractivity contribution in [1.29, 1.82) is 0 Å². The normalized spacial score (nSPS) is 11.6. The average molecular weight is 371 g/mol. The van der Waals surface area contributed by atoms with Crippen molar-refractivity contribution >= 4 is 27.8 Å². The molecule has 2 aromatic heterocycles. The summed E-state index contributed by atoms with van der Waals surface area (Å²) in [6.07, 6.45) is 3.28. The number of fused-ring (bicyclic) bond motifs is 2. The van der Waals surface area contributed by atoms with Gasteiger partial charge in [0.2, 0.25) is 5.91 Å². The Morgan fingerprint density at radius 2 is 1.93 bits per heavy atom. The maximum Gasteiger partial charge on any atom is 0.339 e. The minimum absolute atomic E-state index is 0.0382. The average Bonchev–Trinajstić information content (AvgIpc) is 2.97. The van der Waals surface area contributed by atoms with Crippen LogP contribution in [0.4, 0.5) is 0 Å². The Bertz CT molecular complexity index is 1030. The Balaban J connectivity index is 1.76. The van der Waals surface area contributed by atoms with E-state index in [0.717, 1.165) is 34.9 Å². The molecule has 27 heavy (non-hydrogen) atoms. The molecule has 0 atom stereocenters. The van der Waals surface area contributed by atoms with Gasteiger partial charge in [-0.2, -0.15) is 0 Å². The largest absolute Gasteiger partial charge is 0.464 e. The van der Waals surface area contributed by atoms with Crippen LogP contribution < -0.4 is 15.8 Å². The smallest absolute Gasteiger partial charge is 0.339 e. The SMILES string of the molecule is Cc1coc2cc3oc(=O)c(CCC(=O)NCCC[NH+](C)C)c(C)c3cc12. The second-order valence-corrected chi connectivity index (χ2v) is 7.42. The van der Waals surface area contributed by atoms with E-state index < -0.39 is 0 Å². The Labute approximate surface area is 158 Å². The van der Waals surface area contributed by atoms with E-state index in [4.69, 9.17) is 8.83 Å². The highest BCUT2D eigenvalue weighted by Crippen LogP contribution is 2.28. The van der Waals surface area contributed by atoms with Crippen molar-refractivity contribution in [2.45, 2.75) is 33.1 Å². The van der Waals surface area contributed by atoms with Gasteiger partial charge in [0.15, 0.2) is 0 Å². The predicted molar refractivity (Wildman–Crippen MR) is 105 cm³/mol. The maximum atomic E-state index is 12.4. The third kappa shape index (κ3) is 4.22. The lowest BCUT2D eigenvalue weighted by molar-refractivity contribution is -0.858. The molecule has 0 bridgehead atoms. The Morgan fingerprint density at radius 1 is 1.15 bits per heavy atom. The topological polar surface area (TPSA) is 76.9 Å². The molecular weight excluding hydrogens is 344 g/mol. The predicted octanol–water partition coefficient (Wildman–Crippen LogP) is 1.74. The van der Waals surface area contributed by atoms with Crippen molar-refractivity contribution in [3.63, 3.8) is 0 Å². The van der Waals surface area contributed by atoms with E-state index in [1.807, 2.05) is 19.9 Å². The van der Waals surface area contributed by atoms with Crippen molar-refractivity contribution in [3.8, 4) is 0 Å². The van der Waals surface area contributed by atoms with E-state index in [1.165, 1.54) is 4.90 Å². The molecule has 6 heteroatoms. The highest BCUT2D eigenvalue weighted by Gasteiger charge is 2.15. The summed E-state index contributed by atoms with van der Waals surface area (Å²) in [5.74, 6) is -0.0382. The van der Waals surface area contributed by atoms with Crippen molar-refractivity contribution in [3.05, 3.63) is 45.5 Å². The summed E-state index contributed by atoms with van der Waals surface area (Å²) in [6, 6.07) is 3.75. The third-order valence-corrected chi connectivity index (χ3v) is 4.95. The molecule has 144 valence electrons. The van der Waals surface area contributed by atoms with Crippen LogP contribution in [0, 0.1) is 13.8 Å². The van der Waals surface area contributed by atoms with Crippen LogP contribution in [0.15, 0.2) is 32.0 Å². The molecule has 0 spiro atoms. The molecule has 3 aromatic rings. The molecule has 0 radical (unpaired) electrons. The molecule has 0 aliphatic carbocycles. The van der Waals surface area contributed by atoms with Gasteiger partial charge in [-0.15, -0.1) is 0 Å². The van der Waals surface area contributed by atoms with Crippen LogP contribution in [0.2, 0.25) is 0 Å². The molecule has 6 nitrogen and oxygen atoms in total. The van der Waals surface area contributed by atoms with Gasteiger partial charge >= 0.3 is 5.63 Å². The second-order valence-electron chi connectivity index (χ2n) is 7.42. The summed E-state index contributed by atoms with van der Waals surface area (Å²) in [4.78, 5) is 25.8. The van der Waals surface area contributed by atoms with Crippen LogP contribution in [-0.2, 0) is 11.2 Å².